The van der Waals surface area contributed by atoms with Gasteiger partial charge in [-0.2, -0.15) is 0 Å². The van der Waals surface area contributed by atoms with E-state index in [1.807, 2.05) is 0 Å². The molecule has 0 heterocycles. The van der Waals surface area contributed by atoms with Crippen molar-refractivity contribution in [3.8, 4) is 0 Å². The number of halogens is 2. The molecule has 0 spiro atoms. The highest BCUT2D eigenvalue weighted by Gasteiger charge is 2.34. The Hall–Kier alpha value is -1.50. The van der Waals surface area contributed by atoms with Crippen molar-refractivity contribution in [2.24, 2.45) is 0 Å². The second-order valence-corrected chi connectivity index (χ2v) is 8.48. The second kappa shape index (κ2) is 6.95. The van der Waals surface area contributed by atoms with Crippen LogP contribution < -0.4 is 0 Å². The van der Waals surface area contributed by atoms with Crippen molar-refractivity contribution in [1.82, 2.24) is 4.90 Å². The summed E-state index contributed by atoms with van der Waals surface area (Å²) in [4.78, 5) is 14.0. The smallest absolute Gasteiger partial charge is 0.241 e. The molecule has 1 aliphatic carbocycles. The number of carbonyl (C=O) groups excluding carboxylic acids is 1. The molecular weight excluding hydrogens is 324 g/mol. The normalized spacial score (nSPS) is 17.2. The minimum atomic E-state index is -3.55. The lowest BCUT2D eigenvalue weighted by Crippen LogP contribution is -2.45. The molecule has 4 nitrogen and oxygen atoms in total. The molecule has 1 aromatic carbocycles. The summed E-state index contributed by atoms with van der Waals surface area (Å²) in [7, 11) is -3.55. The van der Waals surface area contributed by atoms with Gasteiger partial charge in [0.05, 0.1) is 0 Å². The predicted octanol–water partition coefficient (Wildman–Crippen LogP) is 2.67. The number of sulfone groups is 1. The number of benzene rings is 1. The third-order valence-electron chi connectivity index (χ3n) is 4.39. The first-order chi connectivity index (χ1) is 10.7. The highest BCUT2D eigenvalue weighted by Crippen LogP contribution is 2.27. The van der Waals surface area contributed by atoms with E-state index in [-0.39, 0.29) is 18.2 Å². The summed E-state index contributed by atoms with van der Waals surface area (Å²) in [6.07, 6.45) is 4.38. The van der Waals surface area contributed by atoms with E-state index in [2.05, 4.69) is 0 Å². The SMILES string of the molecule is C[C@@H](C(=O)N(Cc1cc(F)ccc1F)C1CCCC1)S(C)(=O)=O. The summed E-state index contributed by atoms with van der Waals surface area (Å²) < 4.78 is 50.6. The number of nitrogens with zero attached hydrogens (tertiary/aromatic N) is 1. The van der Waals surface area contributed by atoms with Crippen LogP contribution in [0.3, 0.4) is 0 Å². The Bertz CT molecular complexity index is 685. The van der Waals surface area contributed by atoms with Crippen molar-refractivity contribution in [1.29, 1.82) is 0 Å². The Balaban J connectivity index is 2.31. The summed E-state index contributed by atoms with van der Waals surface area (Å²) in [5.41, 5.74) is 0.0611. The fraction of sp³-hybridized carbons (Fsp3) is 0.562. The Morgan fingerprint density at radius 2 is 1.91 bits per heavy atom. The molecule has 23 heavy (non-hydrogen) atoms. The highest BCUT2D eigenvalue weighted by atomic mass is 32.2. The van der Waals surface area contributed by atoms with Crippen LogP contribution in [-0.4, -0.2) is 36.8 Å². The van der Waals surface area contributed by atoms with Gasteiger partial charge in [-0.15, -0.1) is 0 Å². The molecule has 1 saturated carbocycles. The molecule has 1 aliphatic rings. The lowest BCUT2D eigenvalue weighted by atomic mass is 10.1. The van der Waals surface area contributed by atoms with Gasteiger partial charge in [0, 0.05) is 24.4 Å². The van der Waals surface area contributed by atoms with Crippen LogP contribution in [0.2, 0.25) is 0 Å². The van der Waals surface area contributed by atoms with Crippen LogP contribution in [0, 0.1) is 11.6 Å². The van der Waals surface area contributed by atoms with Crippen molar-refractivity contribution < 1.29 is 22.0 Å². The fourth-order valence-corrected chi connectivity index (χ4v) is 3.37. The molecule has 0 bridgehead atoms. The second-order valence-electron chi connectivity index (χ2n) is 6.11. The van der Waals surface area contributed by atoms with Gasteiger partial charge in [0.2, 0.25) is 5.91 Å². The zero-order valence-corrected chi connectivity index (χ0v) is 14.1. The quantitative estimate of drug-likeness (QED) is 0.824. The van der Waals surface area contributed by atoms with Crippen LogP contribution in [0.25, 0.3) is 0 Å². The molecular formula is C16H21F2NO3S. The van der Waals surface area contributed by atoms with Gasteiger partial charge >= 0.3 is 0 Å². The molecule has 0 unspecified atom stereocenters. The maximum atomic E-state index is 13.9. The van der Waals surface area contributed by atoms with Gasteiger partial charge in [-0.3, -0.25) is 4.79 Å². The summed E-state index contributed by atoms with van der Waals surface area (Å²) in [6, 6.07) is 2.95. The van der Waals surface area contributed by atoms with Crippen molar-refractivity contribution >= 4 is 15.7 Å². The van der Waals surface area contributed by atoms with E-state index in [1.165, 1.54) is 11.8 Å². The maximum absolute atomic E-state index is 13.9. The summed E-state index contributed by atoms with van der Waals surface area (Å²) >= 11 is 0. The van der Waals surface area contributed by atoms with E-state index >= 15 is 0 Å². The number of carbonyl (C=O) groups is 1. The predicted molar refractivity (Wildman–Crippen MR) is 83.5 cm³/mol. The van der Waals surface area contributed by atoms with Crippen LogP contribution in [0.1, 0.15) is 38.2 Å². The maximum Gasteiger partial charge on any atom is 0.241 e. The number of hydrogen-bond acceptors (Lipinski definition) is 3. The van der Waals surface area contributed by atoms with Crippen LogP contribution in [0.15, 0.2) is 18.2 Å². The molecule has 7 heteroatoms. The van der Waals surface area contributed by atoms with Crippen molar-refractivity contribution in [2.45, 2.75) is 50.4 Å². The molecule has 0 radical (unpaired) electrons. The van der Waals surface area contributed by atoms with Crippen LogP contribution in [0.4, 0.5) is 8.78 Å². The van der Waals surface area contributed by atoms with Crippen LogP contribution in [0.5, 0.6) is 0 Å². The summed E-state index contributed by atoms with van der Waals surface area (Å²) in [5.74, 6) is -1.74. The summed E-state index contributed by atoms with van der Waals surface area (Å²) in [5, 5.41) is -1.19. The van der Waals surface area contributed by atoms with Gasteiger partial charge in [0.25, 0.3) is 0 Å². The van der Waals surface area contributed by atoms with E-state index in [0.717, 1.165) is 50.1 Å². The van der Waals surface area contributed by atoms with Crippen LogP contribution >= 0.6 is 0 Å². The van der Waals surface area contributed by atoms with Gasteiger partial charge in [-0.25, -0.2) is 17.2 Å². The van der Waals surface area contributed by atoms with Gasteiger partial charge in [0.1, 0.15) is 16.9 Å². The lowest BCUT2D eigenvalue weighted by molar-refractivity contribution is -0.133. The molecule has 1 amide bonds. The third kappa shape index (κ3) is 4.28. The van der Waals surface area contributed by atoms with Gasteiger partial charge in [0.15, 0.2) is 9.84 Å². The largest absolute Gasteiger partial charge is 0.334 e. The van der Waals surface area contributed by atoms with Crippen molar-refractivity contribution in [3.05, 3.63) is 35.4 Å². The molecule has 0 aliphatic heterocycles. The first-order valence-corrected chi connectivity index (χ1v) is 9.59. The van der Waals surface area contributed by atoms with E-state index in [4.69, 9.17) is 0 Å². The van der Waals surface area contributed by atoms with E-state index < -0.39 is 32.6 Å². The van der Waals surface area contributed by atoms with E-state index in [9.17, 15) is 22.0 Å². The molecule has 1 fully saturated rings. The topological polar surface area (TPSA) is 54.5 Å². The fourth-order valence-electron chi connectivity index (χ4n) is 2.87. The molecule has 1 atom stereocenters. The third-order valence-corrected chi connectivity index (χ3v) is 5.87. The molecule has 0 aromatic heterocycles. The van der Waals surface area contributed by atoms with Crippen LogP contribution in [-0.2, 0) is 21.2 Å². The molecule has 0 N–H and O–H groups in total. The van der Waals surface area contributed by atoms with Crippen molar-refractivity contribution in [2.75, 3.05) is 6.26 Å². The summed E-state index contributed by atoms with van der Waals surface area (Å²) in [6.45, 7) is 1.22. The van der Waals surface area contributed by atoms with E-state index in [0.29, 0.717) is 0 Å². The molecule has 2 rings (SSSR count). The standard InChI is InChI=1S/C16H21F2NO3S/c1-11(23(2,21)22)16(20)19(14-5-3-4-6-14)10-12-9-13(17)7-8-15(12)18/h7-9,11,14H,3-6,10H2,1-2H3/t11-/m0/s1. The minimum Gasteiger partial charge on any atom is -0.334 e. The Morgan fingerprint density at radius 3 is 2.48 bits per heavy atom. The number of rotatable bonds is 5. The van der Waals surface area contributed by atoms with Gasteiger partial charge in [-0.05, 0) is 38.0 Å². The zero-order chi connectivity index (χ0) is 17.2. The van der Waals surface area contributed by atoms with E-state index in [1.54, 1.807) is 0 Å². The molecule has 1 aromatic rings. The number of hydrogen-bond donors (Lipinski definition) is 0. The Kier molecular flexibility index (Phi) is 5.39. The minimum absolute atomic E-state index is 0.0611. The average molecular weight is 345 g/mol. The lowest BCUT2D eigenvalue weighted by Gasteiger charge is -2.31. The van der Waals surface area contributed by atoms with Crippen molar-refractivity contribution in [3.63, 3.8) is 0 Å². The molecule has 0 saturated heterocycles. The first kappa shape index (κ1) is 17.8. The Labute approximate surface area is 135 Å². The van der Waals surface area contributed by atoms with Gasteiger partial charge in [-0.1, -0.05) is 12.8 Å². The average Bonchev–Trinajstić information content (AvgIpc) is 2.99. The molecule has 128 valence electrons. The number of amides is 1. The monoisotopic (exact) mass is 345 g/mol. The highest BCUT2D eigenvalue weighted by molar-refractivity contribution is 7.92. The zero-order valence-electron chi connectivity index (χ0n) is 13.3. The Morgan fingerprint density at radius 1 is 1.30 bits per heavy atom. The van der Waals surface area contributed by atoms with Gasteiger partial charge < -0.3 is 4.90 Å². The first-order valence-electron chi connectivity index (χ1n) is 7.63.